The van der Waals surface area contributed by atoms with Crippen LogP contribution >= 0.6 is 0 Å². The number of hydrogen-bond donors (Lipinski definition) is 2. The molecule has 4 atom stereocenters. The minimum absolute atomic E-state index is 0.0905. The molecule has 0 aromatic rings. The molecule has 1 saturated heterocycles. The maximum absolute atomic E-state index is 9.31. The highest BCUT2D eigenvalue weighted by Crippen LogP contribution is 2.19. The zero-order valence-corrected chi connectivity index (χ0v) is 6.67. The van der Waals surface area contributed by atoms with Gasteiger partial charge in [-0.15, -0.1) is 0 Å². The highest BCUT2D eigenvalue weighted by atomic mass is 16.7. The van der Waals surface area contributed by atoms with Gasteiger partial charge in [-0.1, -0.05) is 0 Å². The van der Waals surface area contributed by atoms with E-state index < -0.39 is 24.4 Å². The number of nitriles is 1. The summed E-state index contributed by atoms with van der Waals surface area (Å²) in [6.45, 7) is 0.0905. The second-order valence-corrected chi connectivity index (χ2v) is 2.65. The van der Waals surface area contributed by atoms with Gasteiger partial charge in [-0.05, 0) is 0 Å². The lowest BCUT2D eigenvalue weighted by molar-refractivity contribution is -0.243. The molecule has 0 spiro atoms. The van der Waals surface area contributed by atoms with Crippen molar-refractivity contribution in [2.24, 2.45) is 5.92 Å². The Balaban J connectivity index is 2.60. The summed E-state index contributed by atoms with van der Waals surface area (Å²) in [6.07, 6.45) is -3.06. The van der Waals surface area contributed by atoms with E-state index in [-0.39, 0.29) is 6.61 Å². The molecule has 0 aromatic carbocycles. The Morgan fingerprint density at radius 2 is 2.17 bits per heavy atom. The minimum Gasteiger partial charge on any atom is -0.389 e. The maximum Gasteiger partial charge on any atom is 0.185 e. The Hall–Kier alpha value is -0.670. The Bertz CT molecular complexity index is 190. The summed E-state index contributed by atoms with van der Waals surface area (Å²) in [7, 11) is 1.37. The molecule has 1 rings (SSSR count). The molecule has 1 aliphatic rings. The summed E-state index contributed by atoms with van der Waals surface area (Å²) in [5, 5.41) is 27.1. The molecule has 1 fully saturated rings. The smallest absolute Gasteiger partial charge is 0.185 e. The zero-order chi connectivity index (χ0) is 9.14. The fourth-order valence-corrected chi connectivity index (χ4v) is 1.12. The summed E-state index contributed by atoms with van der Waals surface area (Å²) in [6, 6.07) is 1.84. The third-order valence-corrected chi connectivity index (χ3v) is 1.88. The lowest BCUT2D eigenvalue weighted by Gasteiger charge is -2.33. The topological polar surface area (TPSA) is 82.7 Å². The fourth-order valence-electron chi connectivity index (χ4n) is 1.12. The van der Waals surface area contributed by atoms with E-state index in [2.05, 4.69) is 0 Å². The highest BCUT2D eigenvalue weighted by Gasteiger charge is 2.38. The highest BCUT2D eigenvalue weighted by molar-refractivity contribution is 4.95. The van der Waals surface area contributed by atoms with E-state index >= 15 is 0 Å². The van der Waals surface area contributed by atoms with Crippen molar-refractivity contribution >= 4 is 0 Å². The molecule has 1 aliphatic heterocycles. The number of aliphatic hydroxyl groups excluding tert-OH is 2. The molecule has 0 aliphatic carbocycles. The lowest BCUT2D eigenvalue weighted by atomic mass is 9.97. The second kappa shape index (κ2) is 3.83. The lowest BCUT2D eigenvalue weighted by Crippen LogP contribution is -2.50. The molecule has 5 heteroatoms. The first-order chi connectivity index (χ1) is 5.70. The largest absolute Gasteiger partial charge is 0.389 e. The monoisotopic (exact) mass is 173 g/mol. The molecule has 0 radical (unpaired) electrons. The fraction of sp³-hybridized carbons (Fsp3) is 0.857. The van der Waals surface area contributed by atoms with Crippen LogP contribution in [0.4, 0.5) is 0 Å². The molecule has 1 heterocycles. The van der Waals surface area contributed by atoms with E-state index in [1.54, 1.807) is 0 Å². The Labute approximate surface area is 70.1 Å². The summed E-state index contributed by atoms with van der Waals surface area (Å²) in [5.41, 5.74) is 0. The maximum atomic E-state index is 9.31. The average Bonchev–Trinajstić information content (AvgIpc) is 2.10. The van der Waals surface area contributed by atoms with Gasteiger partial charge in [-0.3, -0.25) is 0 Å². The SMILES string of the molecule is COC1OCC(C#N)C(O)C1O. The van der Waals surface area contributed by atoms with E-state index in [0.29, 0.717) is 0 Å². The van der Waals surface area contributed by atoms with E-state index in [9.17, 15) is 10.2 Å². The van der Waals surface area contributed by atoms with Crippen molar-refractivity contribution in [1.29, 1.82) is 5.26 Å². The number of nitrogens with zero attached hydrogens (tertiary/aromatic N) is 1. The molecule has 2 N–H and O–H groups in total. The number of ether oxygens (including phenoxy) is 2. The number of aliphatic hydroxyl groups is 2. The first-order valence-electron chi connectivity index (χ1n) is 3.61. The third-order valence-electron chi connectivity index (χ3n) is 1.88. The van der Waals surface area contributed by atoms with Crippen LogP contribution in [0.1, 0.15) is 0 Å². The van der Waals surface area contributed by atoms with Crippen LogP contribution in [-0.2, 0) is 9.47 Å². The minimum atomic E-state index is -1.15. The molecule has 0 aromatic heterocycles. The number of rotatable bonds is 1. The van der Waals surface area contributed by atoms with E-state index in [1.807, 2.05) is 6.07 Å². The van der Waals surface area contributed by atoms with Crippen LogP contribution in [0.5, 0.6) is 0 Å². The molecular formula is C7H11NO4. The van der Waals surface area contributed by atoms with Crippen molar-refractivity contribution in [2.45, 2.75) is 18.5 Å². The zero-order valence-electron chi connectivity index (χ0n) is 6.67. The summed E-state index contributed by atoms with van der Waals surface area (Å²) >= 11 is 0. The summed E-state index contributed by atoms with van der Waals surface area (Å²) in [4.78, 5) is 0. The quantitative estimate of drug-likeness (QED) is 0.523. The molecule has 68 valence electrons. The molecule has 12 heavy (non-hydrogen) atoms. The van der Waals surface area contributed by atoms with Crippen LogP contribution < -0.4 is 0 Å². The predicted octanol–water partition coefficient (Wildman–Crippen LogP) is -1.15. The number of hydrogen-bond acceptors (Lipinski definition) is 5. The van der Waals surface area contributed by atoms with Crippen molar-refractivity contribution in [3.05, 3.63) is 0 Å². The van der Waals surface area contributed by atoms with Gasteiger partial charge in [0, 0.05) is 7.11 Å². The van der Waals surface area contributed by atoms with Gasteiger partial charge < -0.3 is 19.7 Å². The molecule has 0 saturated carbocycles. The van der Waals surface area contributed by atoms with E-state index in [1.165, 1.54) is 7.11 Å². The van der Waals surface area contributed by atoms with Gasteiger partial charge in [0.05, 0.1) is 18.6 Å². The van der Waals surface area contributed by atoms with Crippen LogP contribution in [0.15, 0.2) is 0 Å². The Kier molecular flexibility index (Phi) is 3.00. The van der Waals surface area contributed by atoms with E-state index in [4.69, 9.17) is 14.7 Å². The van der Waals surface area contributed by atoms with Crippen molar-refractivity contribution in [2.75, 3.05) is 13.7 Å². The van der Waals surface area contributed by atoms with Gasteiger partial charge in [0.25, 0.3) is 0 Å². The van der Waals surface area contributed by atoms with Gasteiger partial charge in [0.15, 0.2) is 6.29 Å². The molecule has 0 amide bonds. The molecule has 5 nitrogen and oxygen atoms in total. The summed E-state index contributed by atoms with van der Waals surface area (Å²) in [5.74, 6) is -0.675. The van der Waals surface area contributed by atoms with Crippen molar-refractivity contribution in [3.63, 3.8) is 0 Å². The van der Waals surface area contributed by atoms with Gasteiger partial charge in [-0.25, -0.2) is 0 Å². The predicted molar refractivity (Wildman–Crippen MR) is 37.9 cm³/mol. The van der Waals surface area contributed by atoms with Crippen molar-refractivity contribution < 1.29 is 19.7 Å². The van der Waals surface area contributed by atoms with E-state index in [0.717, 1.165) is 0 Å². The van der Waals surface area contributed by atoms with Crippen LogP contribution in [0.3, 0.4) is 0 Å². The first kappa shape index (κ1) is 9.42. The summed E-state index contributed by atoms with van der Waals surface area (Å²) < 4.78 is 9.68. The third kappa shape index (κ3) is 1.57. The van der Waals surface area contributed by atoms with Crippen molar-refractivity contribution in [3.8, 4) is 6.07 Å². The molecular weight excluding hydrogens is 162 g/mol. The normalized spacial score (nSPS) is 42.2. The van der Waals surface area contributed by atoms with Gasteiger partial charge in [0.1, 0.15) is 12.2 Å². The van der Waals surface area contributed by atoms with Crippen LogP contribution in [0, 0.1) is 17.2 Å². The number of methoxy groups -OCH3 is 1. The standard InChI is InChI=1S/C7H11NO4/c1-11-7-6(10)5(9)4(2-8)3-12-7/h4-7,9-10H,3H2,1H3. The van der Waals surface area contributed by atoms with Crippen LogP contribution in [-0.4, -0.2) is 42.4 Å². The van der Waals surface area contributed by atoms with Gasteiger partial charge in [-0.2, -0.15) is 5.26 Å². The van der Waals surface area contributed by atoms with Crippen LogP contribution in [0.2, 0.25) is 0 Å². The second-order valence-electron chi connectivity index (χ2n) is 2.65. The first-order valence-corrected chi connectivity index (χ1v) is 3.61. The molecule has 0 bridgehead atoms. The Morgan fingerprint density at radius 1 is 1.50 bits per heavy atom. The van der Waals surface area contributed by atoms with Gasteiger partial charge >= 0.3 is 0 Å². The van der Waals surface area contributed by atoms with Crippen LogP contribution in [0.25, 0.3) is 0 Å². The van der Waals surface area contributed by atoms with Gasteiger partial charge in [0.2, 0.25) is 0 Å². The average molecular weight is 173 g/mol. The van der Waals surface area contributed by atoms with Crippen molar-refractivity contribution in [1.82, 2.24) is 0 Å². The Morgan fingerprint density at radius 3 is 2.67 bits per heavy atom. The molecule has 4 unspecified atom stereocenters.